The van der Waals surface area contributed by atoms with E-state index < -0.39 is 12.1 Å². The summed E-state index contributed by atoms with van der Waals surface area (Å²) in [6.07, 6.45) is -0.952. The van der Waals surface area contributed by atoms with Crippen molar-refractivity contribution in [3.8, 4) is 17.6 Å². The summed E-state index contributed by atoms with van der Waals surface area (Å²) in [4.78, 5) is 11.1. The van der Waals surface area contributed by atoms with Crippen molar-refractivity contribution >= 4 is 5.97 Å². The molecule has 0 spiro atoms. The monoisotopic (exact) mass is 263 g/mol. The maximum atomic E-state index is 11.1. The third-order valence-corrected chi connectivity index (χ3v) is 2.48. The zero-order valence-electron chi connectivity index (χ0n) is 11.2. The van der Waals surface area contributed by atoms with Crippen molar-refractivity contribution in [1.82, 2.24) is 0 Å². The highest BCUT2D eigenvalue weighted by Crippen LogP contribution is 2.30. The molecule has 1 atom stereocenters. The van der Waals surface area contributed by atoms with Crippen molar-refractivity contribution in [3.05, 3.63) is 23.8 Å². The van der Waals surface area contributed by atoms with Gasteiger partial charge in [0.15, 0.2) is 17.6 Å². The molecule has 1 rings (SSSR count). The molecule has 19 heavy (non-hydrogen) atoms. The van der Waals surface area contributed by atoms with Crippen LogP contribution >= 0.6 is 0 Å². The molecule has 1 unspecified atom stereocenters. The summed E-state index contributed by atoms with van der Waals surface area (Å²) in [6.45, 7) is 5.75. The van der Waals surface area contributed by atoms with Crippen LogP contribution in [0.5, 0.6) is 11.5 Å². The molecule has 0 aromatic heterocycles. The van der Waals surface area contributed by atoms with E-state index in [1.807, 2.05) is 6.07 Å². The Labute approximate surface area is 112 Å². The summed E-state index contributed by atoms with van der Waals surface area (Å²) in [7, 11) is 0. The SMILES string of the molecule is CCOc1cc(C#N)ccc1OC(C(=O)O)C(C)C. The fraction of sp³-hybridized carbons (Fsp3) is 0.429. The summed E-state index contributed by atoms with van der Waals surface area (Å²) < 4.78 is 10.9. The van der Waals surface area contributed by atoms with Gasteiger partial charge in [-0.2, -0.15) is 5.26 Å². The number of rotatable bonds is 6. The van der Waals surface area contributed by atoms with E-state index in [1.54, 1.807) is 32.9 Å². The van der Waals surface area contributed by atoms with E-state index in [9.17, 15) is 4.79 Å². The molecule has 0 saturated carbocycles. The molecule has 0 aliphatic heterocycles. The summed E-state index contributed by atoms with van der Waals surface area (Å²) >= 11 is 0. The molecule has 0 bridgehead atoms. The highest BCUT2D eigenvalue weighted by molar-refractivity contribution is 5.73. The average Bonchev–Trinajstić information content (AvgIpc) is 2.36. The van der Waals surface area contributed by atoms with E-state index >= 15 is 0 Å². The number of nitriles is 1. The van der Waals surface area contributed by atoms with E-state index in [0.717, 1.165) is 0 Å². The number of hydrogen-bond donors (Lipinski definition) is 1. The highest BCUT2D eigenvalue weighted by atomic mass is 16.5. The first-order valence-corrected chi connectivity index (χ1v) is 6.06. The molecule has 102 valence electrons. The van der Waals surface area contributed by atoms with Crippen molar-refractivity contribution in [2.45, 2.75) is 26.9 Å². The molecule has 0 saturated heterocycles. The van der Waals surface area contributed by atoms with Crippen LogP contribution in [0.1, 0.15) is 26.3 Å². The molecule has 5 nitrogen and oxygen atoms in total. The Hall–Kier alpha value is -2.22. The lowest BCUT2D eigenvalue weighted by molar-refractivity contribution is -0.147. The molecule has 0 fully saturated rings. The second-order valence-electron chi connectivity index (χ2n) is 4.33. The predicted octanol–water partition coefficient (Wildman–Crippen LogP) is 2.44. The van der Waals surface area contributed by atoms with Gasteiger partial charge in [-0.15, -0.1) is 0 Å². The Morgan fingerprint density at radius 1 is 1.42 bits per heavy atom. The van der Waals surface area contributed by atoms with Crippen LogP contribution in [-0.2, 0) is 4.79 Å². The van der Waals surface area contributed by atoms with Crippen molar-refractivity contribution in [2.75, 3.05) is 6.61 Å². The molecule has 0 aliphatic carbocycles. The maximum Gasteiger partial charge on any atom is 0.345 e. The van der Waals surface area contributed by atoms with Gasteiger partial charge in [-0.05, 0) is 19.1 Å². The first-order valence-electron chi connectivity index (χ1n) is 6.06. The third kappa shape index (κ3) is 3.88. The number of aliphatic carboxylic acids is 1. The lowest BCUT2D eigenvalue weighted by Crippen LogP contribution is -2.32. The first kappa shape index (κ1) is 14.8. The number of ether oxygens (including phenoxy) is 2. The number of carbonyl (C=O) groups is 1. The molecule has 0 radical (unpaired) electrons. The first-order chi connectivity index (χ1) is 8.99. The standard InChI is InChI=1S/C14H17NO4/c1-4-18-12-7-10(8-15)5-6-11(12)19-13(9(2)3)14(16)17/h5-7,9,13H,4H2,1-3H3,(H,16,17). The summed E-state index contributed by atoms with van der Waals surface area (Å²) in [5, 5.41) is 17.9. The highest BCUT2D eigenvalue weighted by Gasteiger charge is 2.24. The van der Waals surface area contributed by atoms with E-state index in [1.165, 1.54) is 6.07 Å². The second-order valence-corrected chi connectivity index (χ2v) is 4.33. The van der Waals surface area contributed by atoms with Gasteiger partial charge in [-0.1, -0.05) is 13.8 Å². The zero-order valence-corrected chi connectivity index (χ0v) is 11.2. The van der Waals surface area contributed by atoms with Gasteiger partial charge in [0, 0.05) is 12.0 Å². The quantitative estimate of drug-likeness (QED) is 0.852. The van der Waals surface area contributed by atoms with Gasteiger partial charge >= 0.3 is 5.97 Å². The minimum absolute atomic E-state index is 0.178. The number of carboxylic acids is 1. The number of hydrogen-bond acceptors (Lipinski definition) is 4. The smallest absolute Gasteiger partial charge is 0.345 e. The molecule has 1 aromatic rings. The van der Waals surface area contributed by atoms with Crippen LogP contribution in [0.2, 0.25) is 0 Å². The second kappa shape index (κ2) is 6.64. The summed E-state index contributed by atoms with van der Waals surface area (Å²) in [5.74, 6) is -0.486. The molecular formula is C14H17NO4. The van der Waals surface area contributed by atoms with Gasteiger partial charge in [0.2, 0.25) is 0 Å². The largest absolute Gasteiger partial charge is 0.490 e. The van der Waals surface area contributed by atoms with Crippen LogP contribution < -0.4 is 9.47 Å². The molecule has 1 aromatic carbocycles. The zero-order chi connectivity index (χ0) is 14.4. The van der Waals surface area contributed by atoms with Crippen LogP contribution in [0.3, 0.4) is 0 Å². The Morgan fingerprint density at radius 2 is 2.11 bits per heavy atom. The number of benzene rings is 1. The van der Waals surface area contributed by atoms with Crippen LogP contribution in [0.4, 0.5) is 0 Å². The molecule has 0 amide bonds. The third-order valence-electron chi connectivity index (χ3n) is 2.48. The Kier molecular flexibility index (Phi) is 5.19. The van der Waals surface area contributed by atoms with E-state index in [2.05, 4.69) is 0 Å². The van der Waals surface area contributed by atoms with Gasteiger partial charge in [-0.25, -0.2) is 4.79 Å². The van der Waals surface area contributed by atoms with E-state index in [4.69, 9.17) is 19.8 Å². The number of carboxylic acid groups (broad SMARTS) is 1. The van der Waals surface area contributed by atoms with E-state index in [-0.39, 0.29) is 5.92 Å². The van der Waals surface area contributed by atoms with Crippen molar-refractivity contribution < 1.29 is 19.4 Å². The van der Waals surface area contributed by atoms with E-state index in [0.29, 0.717) is 23.7 Å². The lowest BCUT2D eigenvalue weighted by atomic mass is 10.1. The Balaban J connectivity index is 3.05. The summed E-state index contributed by atoms with van der Waals surface area (Å²) in [6, 6.07) is 6.66. The maximum absolute atomic E-state index is 11.1. The number of nitrogens with zero attached hydrogens (tertiary/aromatic N) is 1. The van der Waals surface area contributed by atoms with Crippen molar-refractivity contribution in [1.29, 1.82) is 5.26 Å². The summed E-state index contributed by atoms with van der Waals surface area (Å²) in [5.41, 5.74) is 0.437. The van der Waals surface area contributed by atoms with Gasteiger partial charge in [-0.3, -0.25) is 0 Å². The molecule has 0 heterocycles. The Morgan fingerprint density at radius 3 is 2.58 bits per heavy atom. The minimum Gasteiger partial charge on any atom is -0.490 e. The fourth-order valence-corrected chi connectivity index (χ4v) is 1.55. The van der Waals surface area contributed by atoms with Gasteiger partial charge in [0.1, 0.15) is 0 Å². The average molecular weight is 263 g/mol. The minimum atomic E-state index is -1.03. The lowest BCUT2D eigenvalue weighted by Gasteiger charge is -2.20. The van der Waals surface area contributed by atoms with Crippen molar-refractivity contribution in [2.24, 2.45) is 5.92 Å². The van der Waals surface area contributed by atoms with Crippen molar-refractivity contribution in [3.63, 3.8) is 0 Å². The predicted molar refractivity (Wildman–Crippen MR) is 69.2 cm³/mol. The van der Waals surface area contributed by atoms with Crippen LogP contribution in [0.15, 0.2) is 18.2 Å². The topological polar surface area (TPSA) is 79.5 Å². The molecular weight excluding hydrogens is 246 g/mol. The van der Waals surface area contributed by atoms with Crippen LogP contribution in [0, 0.1) is 17.2 Å². The Bertz CT molecular complexity index is 491. The van der Waals surface area contributed by atoms with Gasteiger partial charge in [0.05, 0.1) is 18.2 Å². The van der Waals surface area contributed by atoms with Gasteiger partial charge < -0.3 is 14.6 Å². The molecule has 5 heteroatoms. The fourth-order valence-electron chi connectivity index (χ4n) is 1.55. The van der Waals surface area contributed by atoms with Gasteiger partial charge in [0.25, 0.3) is 0 Å². The van der Waals surface area contributed by atoms with Crippen LogP contribution in [0.25, 0.3) is 0 Å². The normalized spacial score (nSPS) is 11.7. The van der Waals surface area contributed by atoms with Crippen LogP contribution in [-0.4, -0.2) is 23.8 Å². The molecule has 1 N–H and O–H groups in total. The molecule has 0 aliphatic rings.